The van der Waals surface area contributed by atoms with Crippen LogP contribution < -0.4 is 9.47 Å². The minimum atomic E-state index is -0.0544. The standard InChI is InChI=1S/C20H30O3/c1-8-13(3)10-17(14(4)9-2)16-11-18(22-6)20(15(5)21)19(12-16)23-7/h10-14H,8-9H2,1-7H3/b17-10+. The van der Waals surface area contributed by atoms with Crippen molar-refractivity contribution < 1.29 is 14.3 Å². The van der Waals surface area contributed by atoms with Crippen molar-refractivity contribution in [2.24, 2.45) is 11.8 Å². The summed E-state index contributed by atoms with van der Waals surface area (Å²) in [4.78, 5) is 11.9. The quantitative estimate of drug-likeness (QED) is 0.603. The lowest BCUT2D eigenvalue weighted by Gasteiger charge is -2.20. The summed E-state index contributed by atoms with van der Waals surface area (Å²) in [6.45, 7) is 10.4. The molecule has 0 N–H and O–H groups in total. The molecule has 0 saturated carbocycles. The van der Waals surface area contributed by atoms with Gasteiger partial charge in [-0.05, 0) is 48.4 Å². The van der Waals surface area contributed by atoms with Gasteiger partial charge in [-0.25, -0.2) is 0 Å². The highest BCUT2D eigenvalue weighted by Crippen LogP contribution is 2.37. The monoisotopic (exact) mass is 318 g/mol. The number of rotatable bonds is 8. The van der Waals surface area contributed by atoms with Gasteiger partial charge in [-0.1, -0.05) is 40.2 Å². The molecule has 3 heteroatoms. The highest BCUT2D eigenvalue weighted by atomic mass is 16.5. The largest absolute Gasteiger partial charge is 0.496 e. The van der Waals surface area contributed by atoms with E-state index >= 15 is 0 Å². The Morgan fingerprint density at radius 2 is 1.61 bits per heavy atom. The van der Waals surface area contributed by atoms with Crippen molar-refractivity contribution in [3.05, 3.63) is 29.3 Å². The fourth-order valence-electron chi connectivity index (χ4n) is 2.61. The zero-order chi connectivity index (χ0) is 17.6. The van der Waals surface area contributed by atoms with E-state index in [1.807, 2.05) is 12.1 Å². The fourth-order valence-corrected chi connectivity index (χ4v) is 2.61. The van der Waals surface area contributed by atoms with Crippen LogP contribution in [0.3, 0.4) is 0 Å². The van der Waals surface area contributed by atoms with Crippen LogP contribution in [0.5, 0.6) is 11.5 Å². The number of ether oxygens (including phenoxy) is 2. The summed E-state index contributed by atoms with van der Waals surface area (Å²) in [7, 11) is 3.18. The van der Waals surface area contributed by atoms with Gasteiger partial charge in [0.05, 0.1) is 14.2 Å². The van der Waals surface area contributed by atoms with Crippen LogP contribution in [-0.4, -0.2) is 20.0 Å². The molecule has 0 saturated heterocycles. The van der Waals surface area contributed by atoms with Crippen molar-refractivity contribution in [1.82, 2.24) is 0 Å². The van der Waals surface area contributed by atoms with Crippen molar-refractivity contribution in [1.29, 1.82) is 0 Å². The van der Waals surface area contributed by atoms with Gasteiger partial charge < -0.3 is 9.47 Å². The number of hydrogen-bond acceptors (Lipinski definition) is 3. The van der Waals surface area contributed by atoms with Crippen LogP contribution in [0.4, 0.5) is 0 Å². The normalized spacial score (nSPS) is 14.3. The molecule has 0 aliphatic carbocycles. The average Bonchev–Trinajstić information content (AvgIpc) is 2.56. The molecule has 0 fully saturated rings. The molecular weight excluding hydrogens is 288 g/mol. The zero-order valence-electron chi connectivity index (χ0n) is 15.5. The molecule has 1 rings (SSSR count). The van der Waals surface area contributed by atoms with E-state index in [9.17, 15) is 4.79 Å². The summed E-state index contributed by atoms with van der Waals surface area (Å²) < 4.78 is 10.9. The Hall–Kier alpha value is -1.77. The van der Waals surface area contributed by atoms with E-state index in [-0.39, 0.29) is 5.78 Å². The van der Waals surface area contributed by atoms with Crippen molar-refractivity contribution >= 4 is 11.4 Å². The van der Waals surface area contributed by atoms with Crippen LogP contribution in [0, 0.1) is 11.8 Å². The predicted octanol–water partition coefficient (Wildman–Crippen LogP) is 5.38. The molecule has 128 valence electrons. The maximum atomic E-state index is 11.9. The predicted molar refractivity (Wildman–Crippen MR) is 96.4 cm³/mol. The molecule has 0 aromatic heterocycles. The second kappa shape index (κ2) is 8.76. The summed E-state index contributed by atoms with van der Waals surface area (Å²) in [5, 5.41) is 0. The zero-order valence-corrected chi connectivity index (χ0v) is 15.5. The molecule has 0 aliphatic rings. The third-order valence-corrected chi connectivity index (χ3v) is 4.44. The number of hydrogen-bond donors (Lipinski definition) is 0. The van der Waals surface area contributed by atoms with E-state index in [2.05, 4.69) is 33.8 Å². The molecule has 2 unspecified atom stereocenters. The van der Waals surface area contributed by atoms with Crippen LogP contribution in [-0.2, 0) is 0 Å². The Kier molecular flexibility index (Phi) is 7.34. The van der Waals surface area contributed by atoms with Crippen molar-refractivity contribution in [2.75, 3.05) is 14.2 Å². The average molecular weight is 318 g/mol. The molecule has 23 heavy (non-hydrogen) atoms. The number of carbonyl (C=O) groups excluding carboxylic acids is 1. The summed E-state index contributed by atoms with van der Waals surface area (Å²) in [5.74, 6) is 2.03. The number of allylic oxidation sites excluding steroid dienone is 2. The maximum absolute atomic E-state index is 11.9. The second-order valence-corrected chi connectivity index (χ2v) is 6.13. The fraction of sp³-hybridized carbons (Fsp3) is 0.550. The van der Waals surface area contributed by atoms with E-state index in [4.69, 9.17) is 9.47 Å². The number of ketones is 1. The van der Waals surface area contributed by atoms with Crippen molar-refractivity contribution in [3.8, 4) is 11.5 Å². The molecule has 1 aromatic carbocycles. The van der Waals surface area contributed by atoms with Gasteiger partial charge in [-0.2, -0.15) is 0 Å². The Balaban J connectivity index is 3.55. The third-order valence-electron chi connectivity index (χ3n) is 4.44. The number of Topliss-reactive ketones (excluding diaryl/α,β-unsaturated/α-hetero) is 1. The van der Waals surface area contributed by atoms with Gasteiger partial charge in [0.25, 0.3) is 0 Å². The van der Waals surface area contributed by atoms with Gasteiger partial charge in [0, 0.05) is 0 Å². The van der Waals surface area contributed by atoms with Gasteiger partial charge in [0.15, 0.2) is 5.78 Å². The van der Waals surface area contributed by atoms with Gasteiger partial charge in [0.2, 0.25) is 0 Å². The van der Waals surface area contributed by atoms with Crippen LogP contribution in [0.15, 0.2) is 18.2 Å². The minimum Gasteiger partial charge on any atom is -0.496 e. The smallest absolute Gasteiger partial charge is 0.167 e. The first-order valence-electron chi connectivity index (χ1n) is 8.38. The highest BCUT2D eigenvalue weighted by Gasteiger charge is 2.20. The van der Waals surface area contributed by atoms with Gasteiger partial charge in [-0.15, -0.1) is 0 Å². The molecule has 0 aliphatic heterocycles. The van der Waals surface area contributed by atoms with E-state index in [0.717, 1.165) is 18.4 Å². The first kappa shape index (κ1) is 19.3. The highest BCUT2D eigenvalue weighted by molar-refractivity contribution is 6.00. The number of carbonyl (C=O) groups is 1. The summed E-state index contributed by atoms with van der Waals surface area (Å²) in [6, 6.07) is 3.92. The van der Waals surface area contributed by atoms with Crippen molar-refractivity contribution in [3.63, 3.8) is 0 Å². The number of methoxy groups -OCH3 is 2. The maximum Gasteiger partial charge on any atom is 0.167 e. The number of benzene rings is 1. The van der Waals surface area contributed by atoms with E-state index in [0.29, 0.717) is 28.9 Å². The molecule has 0 spiro atoms. The molecule has 0 heterocycles. The molecule has 3 nitrogen and oxygen atoms in total. The SMILES string of the molecule is CCC(C)/C=C(/c1cc(OC)c(C(C)=O)c(OC)c1)C(C)CC. The van der Waals surface area contributed by atoms with Crippen LogP contribution >= 0.6 is 0 Å². The Morgan fingerprint density at radius 3 is 1.96 bits per heavy atom. The summed E-state index contributed by atoms with van der Waals surface area (Å²) >= 11 is 0. The Labute approximate surface area is 140 Å². The second-order valence-electron chi connectivity index (χ2n) is 6.13. The minimum absolute atomic E-state index is 0.0544. The molecule has 1 aromatic rings. The lowest BCUT2D eigenvalue weighted by atomic mass is 9.87. The van der Waals surface area contributed by atoms with Crippen LogP contribution in [0.25, 0.3) is 5.57 Å². The van der Waals surface area contributed by atoms with Gasteiger partial charge in [0.1, 0.15) is 17.1 Å². The topological polar surface area (TPSA) is 35.5 Å². The van der Waals surface area contributed by atoms with Crippen LogP contribution in [0.2, 0.25) is 0 Å². The lowest BCUT2D eigenvalue weighted by molar-refractivity contribution is 0.101. The van der Waals surface area contributed by atoms with Crippen LogP contribution in [0.1, 0.15) is 63.4 Å². The lowest BCUT2D eigenvalue weighted by Crippen LogP contribution is -2.05. The molecule has 0 amide bonds. The Bertz CT molecular complexity index is 547. The Morgan fingerprint density at radius 1 is 1.09 bits per heavy atom. The molecule has 0 radical (unpaired) electrons. The first-order valence-corrected chi connectivity index (χ1v) is 8.38. The van der Waals surface area contributed by atoms with Gasteiger partial charge >= 0.3 is 0 Å². The van der Waals surface area contributed by atoms with E-state index in [1.54, 1.807) is 14.2 Å². The summed E-state index contributed by atoms with van der Waals surface area (Å²) in [5.41, 5.74) is 2.86. The molecule has 0 bridgehead atoms. The molecule has 2 atom stereocenters. The van der Waals surface area contributed by atoms with Gasteiger partial charge in [-0.3, -0.25) is 4.79 Å². The summed E-state index contributed by atoms with van der Waals surface area (Å²) in [6.07, 6.45) is 4.48. The third kappa shape index (κ3) is 4.60. The molecular formula is C20H30O3. The van der Waals surface area contributed by atoms with Crippen molar-refractivity contribution in [2.45, 2.75) is 47.5 Å². The van der Waals surface area contributed by atoms with E-state index in [1.165, 1.54) is 12.5 Å². The first-order chi connectivity index (χ1) is 10.9. The van der Waals surface area contributed by atoms with E-state index < -0.39 is 0 Å².